The minimum absolute atomic E-state index is 0.0750. The van der Waals surface area contributed by atoms with Gasteiger partial charge >= 0.3 is 0 Å². The summed E-state index contributed by atoms with van der Waals surface area (Å²) in [7, 11) is 0.413. The summed E-state index contributed by atoms with van der Waals surface area (Å²) in [5.74, 6) is -0.804. The molecule has 1 aromatic carbocycles. The van der Waals surface area contributed by atoms with Gasteiger partial charge in [-0.15, -0.1) is 0 Å². The molecule has 0 aliphatic heterocycles. The second kappa shape index (κ2) is 10.6. The van der Waals surface area contributed by atoms with Crippen LogP contribution in [0.15, 0.2) is 55.1 Å². The van der Waals surface area contributed by atoms with Gasteiger partial charge in [-0.2, -0.15) is 5.10 Å². The van der Waals surface area contributed by atoms with Gasteiger partial charge in [0, 0.05) is 54.6 Å². The van der Waals surface area contributed by atoms with Crippen molar-refractivity contribution in [3.05, 3.63) is 77.9 Å². The van der Waals surface area contributed by atoms with Crippen molar-refractivity contribution < 1.29 is 17.2 Å². The van der Waals surface area contributed by atoms with Crippen LogP contribution >= 0.6 is 0 Å². The van der Waals surface area contributed by atoms with Gasteiger partial charge in [0.1, 0.15) is 17.3 Å². The zero-order valence-corrected chi connectivity index (χ0v) is 23.6. The van der Waals surface area contributed by atoms with E-state index in [9.17, 15) is 12.8 Å². The molecule has 0 saturated heterocycles. The lowest BCUT2D eigenvalue weighted by Crippen LogP contribution is -2.21. The van der Waals surface area contributed by atoms with E-state index in [0.717, 1.165) is 11.8 Å². The number of nitrogens with one attached hydrogen (secondary N) is 3. The first-order chi connectivity index (χ1) is 20.1. The molecular weight excluding hydrogens is 564 g/mol. The number of hydrogen-bond acceptors (Lipinski definition) is 8. The van der Waals surface area contributed by atoms with Crippen molar-refractivity contribution in [3.63, 3.8) is 0 Å². The number of rotatable bonds is 8. The smallest absolute Gasteiger partial charge is 0.209 e. The number of aromatic nitrogens is 7. The van der Waals surface area contributed by atoms with E-state index in [1.165, 1.54) is 24.5 Å². The molecule has 5 aromatic heterocycles. The van der Waals surface area contributed by atoms with Crippen LogP contribution in [0.1, 0.15) is 11.1 Å². The Morgan fingerprint density at radius 3 is 2.55 bits per heavy atom. The van der Waals surface area contributed by atoms with Gasteiger partial charge in [-0.25, -0.2) is 36.9 Å². The highest BCUT2D eigenvalue weighted by atomic mass is 32.2. The molecule has 0 spiro atoms. The van der Waals surface area contributed by atoms with Gasteiger partial charge in [0.05, 0.1) is 17.2 Å². The van der Waals surface area contributed by atoms with E-state index in [1.807, 2.05) is 25.1 Å². The highest BCUT2D eigenvalue weighted by Crippen LogP contribution is 2.34. The minimum atomic E-state index is -3.47. The maximum absolute atomic E-state index is 16.1. The molecule has 6 aromatic rings. The van der Waals surface area contributed by atoms with Crippen LogP contribution in [0.3, 0.4) is 0 Å². The normalized spacial score (nSPS) is 12.1. The number of halogens is 2. The summed E-state index contributed by atoms with van der Waals surface area (Å²) >= 11 is 0. The molecule has 5 heterocycles. The molecule has 0 radical (unpaired) electrons. The summed E-state index contributed by atoms with van der Waals surface area (Å²) in [4.78, 5) is 22.7. The Balaban J connectivity index is 1.43. The Labute approximate surface area is 239 Å². The number of fused-ring (bicyclic) bond motifs is 2. The van der Waals surface area contributed by atoms with Crippen molar-refractivity contribution in [2.24, 2.45) is 0 Å². The molecule has 0 aliphatic rings. The Morgan fingerprint density at radius 1 is 0.952 bits per heavy atom. The molecule has 0 atom stereocenters. The fourth-order valence-electron chi connectivity index (χ4n) is 4.80. The Bertz CT molecular complexity index is 2070. The topological polar surface area (TPSA) is 145 Å². The van der Waals surface area contributed by atoms with E-state index in [-0.39, 0.29) is 34.7 Å². The van der Waals surface area contributed by atoms with E-state index in [0.29, 0.717) is 40.0 Å². The Kier molecular flexibility index (Phi) is 6.96. The lowest BCUT2D eigenvalue weighted by Gasteiger charge is -2.11. The molecular formula is C28H25F2N9O2S. The molecule has 0 fully saturated rings. The van der Waals surface area contributed by atoms with Crippen LogP contribution in [0.5, 0.6) is 0 Å². The van der Waals surface area contributed by atoms with Gasteiger partial charge in [0.2, 0.25) is 10.0 Å². The molecule has 0 unspecified atom stereocenters. The van der Waals surface area contributed by atoms with Gasteiger partial charge < -0.3 is 9.88 Å². The first-order valence-corrected chi connectivity index (χ1v) is 14.7. The summed E-state index contributed by atoms with van der Waals surface area (Å²) in [6.45, 7) is 0.568. The largest absolute Gasteiger partial charge is 0.335 e. The third-order valence-corrected chi connectivity index (χ3v) is 7.23. The highest BCUT2D eigenvalue weighted by Gasteiger charge is 2.21. The van der Waals surface area contributed by atoms with Gasteiger partial charge in [-0.05, 0) is 61.1 Å². The maximum Gasteiger partial charge on any atom is 0.209 e. The second-order valence-electron chi connectivity index (χ2n) is 10.2. The maximum atomic E-state index is 16.1. The standard InChI is InChI=1S/C28H25F2N9O2S/c1-39(2)14-16-7-18(12-31-10-16)21-13-33-26-22(23(21)30)25(37-38-26)28-35-24-20(4-5-32-27(24)36-28)17-6-15(8-19(29)9-17)11-34-42(3,40)41/h4-10,12-13,34H,11,14H2,1-3H3,(H,32,35,36)(H,33,37,38). The number of H-pyrrole nitrogens is 2. The molecule has 11 nitrogen and oxygen atoms in total. The fourth-order valence-corrected chi connectivity index (χ4v) is 5.23. The van der Waals surface area contributed by atoms with Crippen molar-refractivity contribution >= 4 is 32.2 Å². The fraction of sp³-hybridized carbons (Fsp3) is 0.179. The van der Waals surface area contributed by atoms with Crippen molar-refractivity contribution in [1.82, 2.24) is 44.7 Å². The first kappa shape index (κ1) is 27.5. The zero-order valence-electron chi connectivity index (χ0n) is 22.8. The van der Waals surface area contributed by atoms with Gasteiger partial charge in [0.25, 0.3) is 0 Å². The third-order valence-electron chi connectivity index (χ3n) is 6.56. The summed E-state index contributed by atoms with van der Waals surface area (Å²) in [5.41, 5.74) is 4.50. The summed E-state index contributed by atoms with van der Waals surface area (Å²) in [6, 6.07) is 7.82. The molecule has 6 rings (SSSR count). The van der Waals surface area contributed by atoms with Crippen molar-refractivity contribution in [1.29, 1.82) is 0 Å². The zero-order chi connectivity index (χ0) is 29.6. The van der Waals surface area contributed by atoms with Crippen LogP contribution in [0.2, 0.25) is 0 Å². The van der Waals surface area contributed by atoms with E-state index in [1.54, 1.807) is 24.5 Å². The van der Waals surface area contributed by atoms with Crippen molar-refractivity contribution in [3.8, 4) is 33.8 Å². The SMILES string of the molecule is CN(C)Cc1cncc(-c2cnc3n[nH]c(-c4nc5nccc(-c6cc(F)cc(CNS(C)(=O)=O)c6)c5[nH]4)c3c2F)c1. The average molecular weight is 590 g/mol. The van der Waals surface area contributed by atoms with E-state index < -0.39 is 21.7 Å². The molecule has 0 aliphatic carbocycles. The van der Waals surface area contributed by atoms with Crippen molar-refractivity contribution in [2.75, 3.05) is 20.4 Å². The average Bonchev–Trinajstić information content (AvgIpc) is 3.56. The van der Waals surface area contributed by atoms with E-state index in [2.05, 4.69) is 39.8 Å². The monoisotopic (exact) mass is 589 g/mol. The van der Waals surface area contributed by atoms with Crippen LogP contribution in [0.4, 0.5) is 8.78 Å². The van der Waals surface area contributed by atoms with E-state index >= 15 is 4.39 Å². The quantitative estimate of drug-likeness (QED) is 0.241. The molecule has 0 saturated carbocycles. The number of imidazole rings is 1. The molecule has 0 amide bonds. The number of pyridine rings is 3. The van der Waals surface area contributed by atoms with Crippen LogP contribution in [-0.4, -0.2) is 68.8 Å². The van der Waals surface area contributed by atoms with Crippen LogP contribution in [0, 0.1) is 11.6 Å². The third kappa shape index (κ3) is 5.46. The van der Waals surface area contributed by atoms with Gasteiger partial charge in [-0.1, -0.05) is 0 Å². The summed E-state index contributed by atoms with van der Waals surface area (Å²) in [6.07, 6.45) is 7.31. The number of nitrogens with zero attached hydrogens (tertiary/aromatic N) is 6. The Hall–Kier alpha value is -4.66. The highest BCUT2D eigenvalue weighted by molar-refractivity contribution is 7.88. The minimum Gasteiger partial charge on any atom is -0.335 e. The number of benzene rings is 1. The van der Waals surface area contributed by atoms with E-state index in [4.69, 9.17) is 0 Å². The van der Waals surface area contributed by atoms with Gasteiger partial charge in [-0.3, -0.25) is 10.1 Å². The van der Waals surface area contributed by atoms with Crippen LogP contribution in [-0.2, 0) is 23.1 Å². The Morgan fingerprint density at radius 2 is 1.76 bits per heavy atom. The lowest BCUT2D eigenvalue weighted by atomic mass is 10.0. The van der Waals surface area contributed by atoms with Gasteiger partial charge in [0.15, 0.2) is 17.1 Å². The predicted molar refractivity (Wildman–Crippen MR) is 154 cm³/mol. The number of hydrogen-bond donors (Lipinski definition) is 3. The number of aromatic amines is 2. The summed E-state index contributed by atoms with van der Waals surface area (Å²) in [5, 5.41) is 7.16. The number of sulfonamides is 1. The van der Waals surface area contributed by atoms with Crippen LogP contribution in [0.25, 0.3) is 56.0 Å². The molecule has 42 heavy (non-hydrogen) atoms. The predicted octanol–water partition coefficient (Wildman–Crippen LogP) is 4.01. The van der Waals surface area contributed by atoms with Crippen LogP contribution < -0.4 is 4.72 Å². The second-order valence-corrected chi connectivity index (χ2v) is 12.0. The molecule has 14 heteroatoms. The summed E-state index contributed by atoms with van der Waals surface area (Å²) < 4.78 is 56.1. The first-order valence-electron chi connectivity index (χ1n) is 12.8. The lowest BCUT2D eigenvalue weighted by molar-refractivity contribution is 0.402. The van der Waals surface area contributed by atoms with Crippen molar-refractivity contribution in [2.45, 2.75) is 13.1 Å². The molecule has 214 valence electrons. The molecule has 3 N–H and O–H groups in total. The molecule has 0 bridgehead atoms.